The molecule has 58 valence electrons. The van der Waals surface area contributed by atoms with Gasteiger partial charge in [-0.15, -0.1) is 0 Å². The molecule has 0 bridgehead atoms. The molecule has 0 amide bonds. The number of hydrogen-bond acceptors (Lipinski definition) is 1. The maximum Gasteiger partial charge on any atom is 0.00784 e. The molecule has 0 aromatic rings. The Morgan fingerprint density at radius 2 is 1.80 bits per heavy atom. The number of rotatable bonds is 2. The molecular weight excluding hydrogens is 122 g/mol. The molecule has 0 unspecified atom stereocenters. The second-order valence-electron chi connectivity index (χ2n) is 2.97. The lowest BCUT2D eigenvalue weighted by Crippen LogP contribution is -1.93. The maximum absolute atomic E-state index is 5.55. The van der Waals surface area contributed by atoms with E-state index in [1.807, 2.05) is 13.8 Å². The predicted molar refractivity (Wildman–Crippen MR) is 46.5 cm³/mol. The molecule has 10 heavy (non-hydrogen) atoms. The minimum Gasteiger partial charge on any atom is -0.402 e. The summed E-state index contributed by atoms with van der Waals surface area (Å²) in [7, 11) is 0. The van der Waals surface area contributed by atoms with E-state index in [0.29, 0.717) is 5.92 Å². The number of nitrogens with two attached hydrogens (primary N) is 1. The summed E-state index contributed by atoms with van der Waals surface area (Å²) in [6.45, 7) is 8.24. The van der Waals surface area contributed by atoms with Gasteiger partial charge in [-0.25, -0.2) is 0 Å². The normalized spacial score (nSPS) is 14.5. The standard InChI is InChI=1S/C9H17N/c1-7(2)5-6-8(3)9(4)10/h5-7H,10H2,1-4H3/b6-5-,9-8-. The highest BCUT2D eigenvalue weighted by Crippen LogP contribution is 2.02. The van der Waals surface area contributed by atoms with Gasteiger partial charge in [-0.05, 0) is 25.3 Å². The first kappa shape index (κ1) is 9.28. The van der Waals surface area contributed by atoms with Gasteiger partial charge < -0.3 is 5.73 Å². The van der Waals surface area contributed by atoms with Crippen LogP contribution >= 0.6 is 0 Å². The van der Waals surface area contributed by atoms with Crippen LogP contribution in [0, 0.1) is 5.92 Å². The van der Waals surface area contributed by atoms with E-state index in [2.05, 4.69) is 26.0 Å². The van der Waals surface area contributed by atoms with Crippen LogP contribution < -0.4 is 5.73 Å². The zero-order chi connectivity index (χ0) is 8.15. The smallest absolute Gasteiger partial charge is 0.00784 e. The average Bonchev–Trinajstić information content (AvgIpc) is 1.82. The van der Waals surface area contributed by atoms with Gasteiger partial charge in [0.15, 0.2) is 0 Å². The molecule has 0 aromatic heterocycles. The van der Waals surface area contributed by atoms with Crippen molar-refractivity contribution in [3.8, 4) is 0 Å². The van der Waals surface area contributed by atoms with Gasteiger partial charge in [0.1, 0.15) is 0 Å². The third kappa shape index (κ3) is 4.19. The van der Waals surface area contributed by atoms with Crippen molar-refractivity contribution in [1.82, 2.24) is 0 Å². The van der Waals surface area contributed by atoms with Crippen molar-refractivity contribution < 1.29 is 0 Å². The maximum atomic E-state index is 5.55. The van der Waals surface area contributed by atoms with Crippen LogP contribution in [0.2, 0.25) is 0 Å². The summed E-state index contributed by atoms with van der Waals surface area (Å²) in [5, 5.41) is 0. The van der Waals surface area contributed by atoms with E-state index in [1.54, 1.807) is 0 Å². The SMILES string of the molecule is C/C(N)=C(C)/C=C\C(C)C. The van der Waals surface area contributed by atoms with Crippen LogP contribution in [0.5, 0.6) is 0 Å². The van der Waals surface area contributed by atoms with Gasteiger partial charge in [0.05, 0.1) is 0 Å². The topological polar surface area (TPSA) is 26.0 Å². The Balaban J connectivity index is 4.03. The molecule has 0 fully saturated rings. The van der Waals surface area contributed by atoms with Crippen molar-refractivity contribution in [2.45, 2.75) is 27.7 Å². The molecule has 0 heterocycles. The third-order valence-electron chi connectivity index (χ3n) is 1.35. The first-order valence-corrected chi connectivity index (χ1v) is 3.65. The molecule has 0 rings (SSSR count). The van der Waals surface area contributed by atoms with E-state index in [1.165, 1.54) is 0 Å². The Bertz CT molecular complexity index is 148. The highest BCUT2D eigenvalue weighted by Gasteiger charge is 1.86. The highest BCUT2D eigenvalue weighted by molar-refractivity contribution is 5.20. The van der Waals surface area contributed by atoms with Crippen LogP contribution in [0.4, 0.5) is 0 Å². The molecule has 0 atom stereocenters. The largest absolute Gasteiger partial charge is 0.402 e. The van der Waals surface area contributed by atoms with E-state index >= 15 is 0 Å². The van der Waals surface area contributed by atoms with Crippen LogP contribution in [0.1, 0.15) is 27.7 Å². The average molecular weight is 139 g/mol. The second-order valence-corrected chi connectivity index (χ2v) is 2.97. The van der Waals surface area contributed by atoms with Crippen LogP contribution in [-0.4, -0.2) is 0 Å². The summed E-state index contributed by atoms with van der Waals surface area (Å²) >= 11 is 0. The van der Waals surface area contributed by atoms with Crippen LogP contribution in [0.3, 0.4) is 0 Å². The van der Waals surface area contributed by atoms with Crippen molar-refractivity contribution in [3.05, 3.63) is 23.4 Å². The zero-order valence-electron chi connectivity index (χ0n) is 7.31. The fourth-order valence-electron chi connectivity index (χ4n) is 0.468. The van der Waals surface area contributed by atoms with Gasteiger partial charge >= 0.3 is 0 Å². The Morgan fingerprint density at radius 3 is 2.10 bits per heavy atom. The molecule has 0 saturated heterocycles. The van der Waals surface area contributed by atoms with Gasteiger partial charge in [-0.2, -0.15) is 0 Å². The minimum absolute atomic E-state index is 0.606. The Labute approximate surface area is 63.6 Å². The lowest BCUT2D eigenvalue weighted by Gasteiger charge is -1.96. The summed E-state index contributed by atoms with van der Waals surface area (Å²) in [5.74, 6) is 0.606. The van der Waals surface area contributed by atoms with Crippen LogP contribution in [-0.2, 0) is 0 Å². The molecule has 0 radical (unpaired) electrons. The van der Waals surface area contributed by atoms with Crippen molar-refractivity contribution in [3.63, 3.8) is 0 Å². The lowest BCUT2D eigenvalue weighted by atomic mass is 10.1. The van der Waals surface area contributed by atoms with E-state index < -0.39 is 0 Å². The van der Waals surface area contributed by atoms with Gasteiger partial charge in [0.2, 0.25) is 0 Å². The minimum atomic E-state index is 0.606. The number of allylic oxidation sites excluding steroid dienone is 4. The fraction of sp³-hybridized carbons (Fsp3) is 0.556. The molecule has 0 saturated carbocycles. The summed E-state index contributed by atoms with van der Waals surface area (Å²) in [6, 6.07) is 0. The summed E-state index contributed by atoms with van der Waals surface area (Å²) in [4.78, 5) is 0. The van der Waals surface area contributed by atoms with Crippen LogP contribution in [0.15, 0.2) is 23.4 Å². The fourth-order valence-corrected chi connectivity index (χ4v) is 0.468. The number of hydrogen-bond donors (Lipinski definition) is 1. The Hall–Kier alpha value is -0.720. The van der Waals surface area contributed by atoms with E-state index in [-0.39, 0.29) is 0 Å². The van der Waals surface area contributed by atoms with E-state index in [4.69, 9.17) is 5.73 Å². The predicted octanol–water partition coefficient (Wildman–Crippen LogP) is 2.45. The molecule has 0 aliphatic carbocycles. The Morgan fingerprint density at radius 1 is 1.30 bits per heavy atom. The molecule has 0 spiro atoms. The second kappa shape index (κ2) is 4.15. The zero-order valence-corrected chi connectivity index (χ0v) is 7.31. The van der Waals surface area contributed by atoms with Gasteiger partial charge in [-0.3, -0.25) is 0 Å². The Kier molecular flexibility index (Phi) is 3.85. The summed E-state index contributed by atoms with van der Waals surface area (Å²) in [6.07, 6.45) is 4.21. The first-order chi connectivity index (χ1) is 4.54. The van der Waals surface area contributed by atoms with Crippen molar-refractivity contribution in [2.24, 2.45) is 11.7 Å². The summed E-state index contributed by atoms with van der Waals surface area (Å²) < 4.78 is 0. The van der Waals surface area contributed by atoms with Crippen molar-refractivity contribution >= 4 is 0 Å². The van der Waals surface area contributed by atoms with Gasteiger partial charge in [0.25, 0.3) is 0 Å². The van der Waals surface area contributed by atoms with Gasteiger partial charge in [0, 0.05) is 5.70 Å². The van der Waals surface area contributed by atoms with Crippen molar-refractivity contribution in [1.29, 1.82) is 0 Å². The quantitative estimate of drug-likeness (QED) is 0.584. The molecule has 0 aliphatic rings. The van der Waals surface area contributed by atoms with Crippen molar-refractivity contribution in [2.75, 3.05) is 0 Å². The van der Waals surface area contributed by atoms with Gasteiger partial charge in [-0.1, -0.05) is 26.0 Å². The highest BCUT2D eigenvalue weighted by atomic mass is 14.5. The molecule has 1 nitrogen and oxygen atoms in total. The van der Waals surface area contributed by atoms with Crippen LogP contribution in [0.25, 0.3) is 0 Å². The molecule has 0 aromatic carbocycles. The first-order valence-electron chi connectivity index (χ1n) is 3.65. The molecule has 0 aliphatic heterocycles. The lowest BCUT2D eigenvalue weighted by molar-refractivity contribution is 0.830. The monoisotopic (exact) mass is 139 g/mol. The molecular formula is C9H17N. The third-order valence-corrected chi connectivity index (χ3v) is 1.35. The molecule has 1 heteroatoms. The van der Waals surface area contributed by atoms with E-state index in [9.17, 15) is 0 Å². The molecule has 2 N–H and O–H groups in total. The van der Waals surface area contributed by atoms with E-state index in [0.717, 1.165) is 11.3 Å². The summed E-state index contributed by atoms with van der Waals surface area (Å²) in [5.41, 5.74) is 7.61.